The predicted octanol–water partition coefficient (Wildman–Crippen LogP) is 1.33. The van der Waals surface area contributed by atoms with Crippen molar-refractivity contribution >= 4 is 5.91 Å². The van der Waals surface area contributed by atoms with Crippen molar-refractivity contribution < 1.29 is 9.90 Å². The van der Waals surface area contributed by atoms with Crippen molar-refractivity contribution in [2.45, 2.75) is 13.5 Å². The van der Waals surface area contributed by atoms with Gasteiger partial charge in [0.25, 0.3) is 5.91 Å². The van der Waals surface area contributed by atoms with E-state index < -0.39 is 0 Å². The van der Waals surface area contributed by atoms with Crippen LogP contribution in [0.2, 0.25) is 0 Å². The van der Waals surface area contributed by atoms with Crippen LogP contribution in [0.3, 0.4) is 0 Å². The summed E-state index contributed by atoms with van der Waals surface area (Å²) in [5.74, 6) is -0.111. The maximum absolute atomic E-state index is 11.7. The van der Waals surface area contributed by atoms with Crippen LogP contribution in [0, 0.1) is 6.92 Å². The number of phenols is 1. The number of nitrogens with zero attached hydrogens (tertiary/aromatic N) is 2. The second kappa shape index (κ2) is 5.35. The summed E-state index contributed by atoms with van der Waals surface area (Å²) in [4.78, 5) is 11.7. The van der Waals surface area contributed by atoms with Gasteiger partial charge in [-0.3, -0.25) is 9.48 Å². The second-order valence-electron chi connectivity index (χ2n) is 4.09. The van der Waals surface area contributed by atoms with E-state index in [0.717, 1.165) is 5.56 Å². The lowest BCUT2D eigenvalue weighted by atomic mass is 10.2. The first-order chi connectivity index (χ1) is 8.65. The van der Waals surface area contributed by atoms with Gasteiger partial charge in [-0.15, -0.1) is 0 Å². The van der Waals surface area contributed by atoms with Crippen LogP contribution in [0.5, 0.6) is 5.75 Å². The van der Waals surface area contributed by atoms with Crippen molar-refractivity contribution in [1.82, 2.24) is 15.1 Å². The summed E-state index contributed by atoms with van der Waals surface area (Å²) in [6.07, 6.45) is 3.69. The number of phenolic OH excluding ortho intramolecular Hbond substituents is 1. The minimum atomic E-state index is -0.199. The Morgan fingerprint density at radius 1 is 1.50 bits per heavy atom. The zero-order valence-electron chi connectivity index (χ0n) is 10.1. The Labute approximate surface area is 105 Å². The van der Waals surface area contributed by atoms with E-state index >= 15 is 0 Å². The van der Waals surface area contributed by atoms with Gasteiger partial charge in [-0.1, -0.05) is 6.07 Å². The molecular weight excluding hydrogens is 230 g/mol. The van der Waals surface area contributed by atoms with E-state index in [-0.39, 0.29) is 11.7 Å². The van der Waals surface area contributed by atoms with Gasteiger partial charge in [0.05, 0.1) is 12.7 Å². The number of rotatable bonds is 4. The summed E-state index contributed by atoms with van der Waals surface area (Å²) in [5, 5.41) is 16.2. The maximum Gasteiger partial charge on any atom is 0.251 e. The molecule has 0 fully saturated rings. The van der Waals surface area contributed by atoms with Gasteiger partial charge in [0.15, 0.2) is 0 Å². The average molecular weight is 245 g/mol. The summed E-state index contributed by atoms with van der Waals surface area (Å²) in [6, 6.07) is 6.27. The number of nitrogens with one attached hydrogen (secondary N) is 1. The third-order valence-electron chi connectivity index (χ3n) is 2.50. The van der Waals surface area contributed by atoms with Gasteiger partial charge in [-0.2, -0.15) is 5.10 Å². The summed E-state index contributed by atoms with van der Waals surface area (Å²) in [6.45, 7) is 3.09. The summed E-state index contributed by atoms with van der Waals surface area (Å²) >= 11 is 0. The molecule has 1 aromatic heterocycles. The Balaban J connectivity index is 1.85. The molecule has 18 heavy (non-hydrogen) atoms. The molecule has 0 bridgehead atoms. The van der Waals surface area contributed by atoms with Crippen LogP contribution in [-0.2, 0) is 6.54 Å². The molecule has 0 spiro atoms. The van der Waals surface area contributed by atoms with Crippen molar-refractivity contribution in [2.24, 2.45) is 0 Å². The zero-order valence-corrected chi connectivity index (χ0v) is 10.1. The van der Waals surface area contributed by atoms with Gasteiger partial charge in [0, 0.05) is 18.3 Å². The molecule has 0 aliphatic carbocycles. The van der Waals surface area contributed by atoms with Crippen LogP contribution in [-0.4, -0.2) is 27.3 Å². The third-order valence-corrected chi connectivity index (χ3v) is 2.50. The van der Waals surface area contributed by atoms with Crippen LogP contribution in [0.1, 0.15) is 15.9 Å². The Morgan fingerprint density at radius 3 is 3.00 bits per heavy atom. The molecule has 0 aliphatic heterocycles. The molecule has 0 radical (unpaired) electrons. The monoisotopic (exact) mass is 245 g/mol. The van der Waals surface area contributed by atoms with Gasteiger partial charge in [0.2, 0.25) is 0 Å². The molecule has 1 aromatic carbocycles. The molecule has 1 heterocycles. The van der Waals surface area contributed by atoms with Crippen molar-refractivity contribution in [3.63, 3.8) is 0 Å². The molecule has 0 atom stereocenters. The highest BCUT2D eigenvalue weighted by atomic mass is 16.3. The first-order valence-corrected chi connectivity index (χ1v) is 5.71. The SMILES string of the molecule is Cc1cnn(CCNC(=O)c2cccc(O)c2)c1. The molecule has 1 amide bonds. The van der Waals surface area contributed by atoms with Crippen molar-refractivity contribution in [3.8, 4) is 5.75 Å². The predicted molar refractivity (Wildman–Crippen MR) is 67.4 cm³/mol. The summed E-state index contributed by atoms with van der Waals surface area (Å²) in [7, 11) is 0. The van der Waals surface area contributed by atoms with E-state index in [0.29, 0.717) is 18.7 Å². The Bertz CT molecular complexity index is 549. The Hall–Kier alpha value is -2.30. The fourth-order valence-corrected chi connectivity index (χ4v) is 1.62. The number of benzene rings is 1. The molecule has 94 valence electrons. The van der Waals surface area contributed by atoms with Crippen LogP contribution in [0.25, 0.3) is 0 Å². The molecule has 2 aromatic rings. The minimum Gasteiger partial charge on any atom is -0.508 e. The minimum absolute atomic E-state index is 0.0883. The molecule has 0 saturated carbocycles. The number of carbonyl (C=O) groups excluding carboxylic acids is 1. The van der Waals surface area contributed by atoms with Gasteiger partial charge in [-0.25, -0.2) is 0 Å². The van der Waals surface area contributed by atoms with Gasteiger partial charge < -0.3 is 10.4 Å². The highest BCUT2D eigenvalue weighted by Gasteiger charge is 2.05. The molecular formula is C13H15N3O2. The van der Waals surface area contributed by atoms with E-state index in [2.05, 4.69) is 10.4 Å². The second-order valence-corrected chi connectivity index (χ2v) is 4.09. The van der Waals surface area contributed by atoms with E-state index in [1.807, 2.05) is 13.1 Å². The lowest BCUT2D eigenvalue weighted by Gasteiger charge is -2.05. The Morgan fingerprint density at radius 2 is 2.33 bits per heavy atom. The van der Waals surface area contributed by atoms with E-state index in [4.69, 9.17) is 0 Å². The third kappa shape index (κ3) is 3.10. The number of hydrogen-bond donors (Lipinski definition) is 2. The lowest BCUT2D eigenvalue weighted by molar-refractivity contribution is 0.0951. The summed E-state index contributed by atoms with van der Waals surface area (Å²) < 4.78 is 1.78. The number of aromatic nitrogens is 2. The fourth-order valence-electron chi connectivity index (χ4n) is 1.62. The molecule has 0 unspecified atom stereocenters. The molecule has 0 saturated heterocycles. The topological polar surface area (TPSA) is 67.2 Å². The molecule has 5 nitrogen and oxygen atoms in total. The van der Waals surface area contributed by atoms with Crippen LogP contribution >= 0.6 is 0 Å². The average Bonchev–Trinajstić information content (AvgIpc) is 2.75. The van der Waals surface area contributed by atoms with E-state index in [9.17, 15) is 9.90 Å². The first kappa shape index (κ1) is 12.2. The Kier molecular flexibility index (Phi) is 3.62. The highest BCUT2D eigenvalue weighted by molar-refractivity contribution is 5.94. The van der Waals surface area contributed by atoms with Crippen molar-refractivity contribution in [2.75, 3.05) is 6.54 Å². The normalized spacial score (nSPS) is 10.3. The van der Waals surface area contributed by atoms with E-state index in [1.165, 1.54) is 12.1 Å². The lowest BCUT2D eigenvalue weighted by Crippen LogP contribution is -2.27. The first-order valence-electron chi connectivity index (χ1n) is 5.71. The van der Waals surface area contributed by atoms with Crippen LogP contribution in [0.4, 0.5) is 0 Å². The fraction of sp³-hybridized carbons (Fsp3) is 0.231. The van der Waals surface area contributed by atoms with Crippen LogP contribution in [0.15, 0.2) is 36.7 Å². The smallest absolute Gasteiger partial charge is 0.251 e. The molecule has 0 aliphatic rings. The van der Waals surface area contributed by atoms with Gasteiger partial charge in [-0.05, 0) is 30.7 Å². The van der Waals surface area contributed by atoms with Crippen molar-refractivity contribution in [3.05, 3.63) is 47.8 Å². The van der Waals surface area contributed by atoms with Crippen molar-refractivity contribution in [1.29, 1.82) is 0 Å². The quantitative estimate of drug-likeness (QED) is 0.853. The van der Waals surface area contributed by atoms with E-state index in [1.54, 1.807) is 23.0 Å². The summed E-state index contributed by atoms with van der Waals surface area (Å²) in [5.41, 5.74) is 1.54. The zero-order chi connectivity index (χ0) is 13.0. The molecule has 2 N–H and O–H groups in total. The van der Waals surface area contributed by atoms with Gasteiger partial charge >= 0.3 is 0 Å². The number of hydrogen-bond acceptors (Lipinski definition) is 3. The number of amides is 1. The van der Waals surface area contributed by atoms with Gasteiger partial charge in [0.1, 0.15) is 5.75 Å². The van der Waals surface area contributed by atoms with Crippen LogP contribution < -0.4 is 5.32 Å². The highest BCUT2D eigenvalue weighted by Crippen LogP contribution is 2.10. The number of carbonyl (C=O) groups is 1. The standard InChI is InChI=1S/C13H15N3O2/c1-10-8-15-16(9-10)6-5-14-13(18)11-3-2-4-12(17)7-11/h2-4,7-9,17H,5-6H2,1H3,(H,14,18). The molecule has 2 rings (SSSR count). The largest absolute Gasteiger partial charge is 0.508 e. The molecule has 5 heteroatoms. The number of aromatic hydroxyl groups is 1. The maximum atomic E-state index is 11.7. The number of aryl methyl sites for hydroxylation is 1.